The summed E-state index contributed by atoms with van der Waals surface area (Å²) in [5, 5.41) is 0. The SMILES string of the molecule is CC1=NCC(C)O1. The van der Waals surface area contributed by atoms with Gasteiger partial charge in [-0.05, 0) is 6.92 Å². The highest BCUT2D eigenvalue weighted by Crippen LogP contribution is 2.00. The summed E-state index contributed by atoms with van der Waals surface area (Å²) in [7, 11) is 0. The average Bonchev–Trinajstić information content (AvgIpc) is 1.87. The summed E-state index contributed by atoms with van der Waals surface area (Å²) in [4.78, 5) is 4.01. The van der Waals surface area contributed by atoms with Gasteiger partial charge in [0.2, 0.25) is 0 Å². The van der Waals surface area contributed by atoms with E-state index in [9.17, 15) is 0 Å². The standard InChI is InChI=1S/C5H9NO/c1-4-3-6-5(2)7-4/h4H,3H2,1-2H3. The topological polar surface area (TPSA) is 21.6 Å². The van der Waals surface area contributed by atoms with Crippen LogP contribution < -0.4 is 0 Å². The van der Waals surface area contributed by atoms with Crippen LogP contribution in [0.5, 0.6) is 0 Å². The highest BCUT2D eigenvalue weighted by atomic mass is 16.5. The fourth-order valence-electron chi connectivity index (χ4n) is 0.623. The molecular formula is C5H9NO. The molecule has 40 valence electrons. The monoisotopic (exact) mass is 99.1 g/mol. The first-order chi connectivity index (χ1) is 3.29. The number of hydrogen-bond acceptors (Lipinski definition) is 2. The van der Waals surface area contributed by atoms with E-state index in [2.05, 4.69) is 4.99 Å². The summed E-state index contributed by atoms with van der Waals surface area (Å²) < 4.78 is 5.11. The zero-order valence-corrected chi connectivity index (χ0v) is 4.64. The Balaban J connectivity index is 2.42. The molecule has 2 nitrogen and oxygen atoms in total. The van der Waals surface area contributed by atoms with Gasteiger partial charge in [-0.1, -0.05) is 0 Å². The van der Waals surface area contributed by atoms with Crippen molar-refractivity contribution < 1.29 is 4.74 Å². The van der Waals surface area contributed by atoms with Crippen molar-refractivity contribution in [2.75, 3.05) is 6.54 Å². The molecule has 0 bridgehead atoms. The highest BCUT2D eigenvalue weighted by molar-refractivity contribution is 5.74. The molecule has 1 aliphatic heterocycles. The summed E-state index contributed by atoms with van der Waals surface area (Å²) in [6, 6.07) is 0. The maximum atomic E-state index is 5.11. The quantitative estimate of drug-likeness (QED) is 0.440. The Morgan fingerprint density at radius 2 is 2.57 bits per heavy atom. The molecule has 0 amide bonds. The first-order valence-electron chi connectivity index (χ1n) is 2.47. The van der Waals surface area contributed by atoms with E-state index in [0.717, 1.165) is 12.4 Å². The van der Waals surface area contributed by atoms with Gasteiger partial charge >= 0.3 is 0 Å². The zero-order chi connectivity index (χ0) is 5.28. The molecule has 1 heterocycles. The van der Waals surface area contributed by atoms with Gasteiger partial charge in [0.05, 0.1) is 6.54 Å². The van der Waals surface area contributed by atoms with Gasteiger partial charge in [-0.3, -0.25) is 4.99 Å². The number of aliphatic imine (C=N–C) groups is 1. The molecule has 0 spiro atoms. The molecule has 0 fully saturated rings. The van der Waals surface area contributed by atoms with Gasteiger partial charge in [0.15, 0.2) is 5.90 Å². The Hall–Kier alpha value is -0.530. The average molecular weight is 99.1 g/mol. The lowest BCUT2D eigenvalue weighted by Gasteiger charge is -1.98. The molecule has 0 aliphatic carbocycles. The second kappa shape index (κ2) is 1.52. The van der Waals surface area contributed by atoms with E-state index in [0.29, 0.717) is 6.10 Å². The molecule has 7 heavy (non-hydrogen) atoms. The number of ether oxygens (including phenoxy) is 1. The van der Waals surface area contributed by atoms with Crippen molar-refractivity contribution >= 4 is 5.90 Å². The normalized spacial score (nSPS) is 29.4. The maximum absolute atomic E-state index is 5.11. The second-order valence-electron chi connectivity index (χ2n) is 1.79. The number of hydrogen-bond donors (Lipinski definition) is 0. The Morgan fingerprint density at radius 3 is 2.71 bits per heavy atom. The highest BCUT2D eigenvalue weighted by Gasteiger charge is 2.08. The number of rotatable bonds is 0. The minimum absolute atomic E-state index is 0.319. The first-order valence-corrected chi connectivity index (χ1v) is 2.47. The summed E-state index contributed by atoms with van der Waals surface area (Å²) in [5.74, 6) is 0.826. The molecule has 0 saturated carbocycles. The van der Waals surface area contributed by atoms with Gasteiger partial charge < -0.3 is 4.74 Å². The van der Waals surface area contributed by atoms with E-state index in [1.54, 1.807) is 0 Å². The van der Waals surface area contributed by atoms with E-state index in [1.165, 1.54) is 0 Å². The van der Waals surface area contributed by atoms with Gasteiger partial charge in [-0.2, -0.15) is 0 Å². The van der Waals surface area contributed by atoms with Crippen molar-refractivity contribution in [2.24, 2.45) is 4.99 Å². The van der Waals surface area contributed by atoms with Crippen LogP contribution in [0.25, 0.3) is 0 Å². The second-order valence-corrected chi connectivity index (χ2v) is 1.79. The molecule has 1 aliphatic rings. The summed E-state index contributed by atoms with van der Waals surface area (Å²) >= 11 is 0. The third kappa shape index (κ3) is 0.918. The predicted molar refractivity (Wildman–Crippen MR) is 28.5 cm³/mol. The van der Waals surface area contributed by atoms with Crippen molar-refractivity contribution in [3.63, 3.8) is 0 Å². The van der Waals surface area contributed by atoms with E-state index >= 15 is 0 Å². The van der Waals surface area contributed by atoms with Crippen molar-refractivity contribution in [3.8, 4) is 0 Å². The molecule has 0 saturated heterocycles. The van der Waals surface area contributed by atoms with Gasteiger partial charge in [-0.25, -0.2) is 0 Å². The van der Waals surface area contributed by atoms with E-state index in [4.69, 9.17) is 4.74 Å². The van der Waals surface area contributed by atoms with Crippen LogP contribution in [0.3, 0.4) is 0 Å². The molecule has 0 N–H and O–H groups in total. The van der Waals surface area contributed by atoms with Gasteiger partial charge in [0, 0.05) is 6.92 Å². The Kier molecular flexibility index (Phi) is 1.01. The number of nitrogens with zero attached hydrogens (tertiary/aromatic N) is 1. The van der Waals surface area contributed by atoms with Crippen LogP contribution in [0, 0.1) is 0 Å². The molecule has 1 unspecified atom stereocenters. The molecule has 0 aromatic carbocycles. The fraction of sp³-hybridized carbons (Fsp3) is 0.800. The Morgan fingerprint density at radius 1 is 1.86 bits per heavy atom. The van der Waals surface area contributed by atoms with Crippen molar-refractivity contribution in [3.05, 3.63) is 0 Å². The largest absolute Gasteiger partial charge is 0.476 e. The smallest absolute Gasteiger partial charge is 0.180 e. The lowest BCUT2D eigenvalue weighted by atomic mass is 10.4. The van der Waals surface area contributed by atoms with Gasteiger partial charge in [0.25, 0.3) is 0 Å². The molecule has 1 atom stereocenters. The molecule has 1 rings (SSSR count). The molecule has 2 heteroatoms. The van der Waals surface area contributed by atoms with Crippen molar-refractivity contribution in [2.45, 2.75) is 20.0 Å². The maximum Gasteiger partial charge on any atom is 0.180 e. The van der Waals surface area contributed by atoms with Crippen LogP contribution in [-0.2, 0) is 4.74 Å². The summed E-state index contributed by atoms with van der Waals surface area (Å²) in [6.07, 6.45) is 0.319. The van der Waals surface area contributed by atoms with Crippen LogP contribution in [0.1, 0.15) is 13.8 Å². The summed E-state index contributed by atoms with van der Waals surface area (Å²) in [5.41, 5.74) is 0. The molecular weight excluding hydrogens is 90.1 g/mol. The van der Waals surface area contributed by atoms with Crippen LogP contribution in [0.2, 0.25) is 0 Å². The van der Waals surface area contributed by atoms with Gasteiger partial charge in [-0.15, -0.1) is 0 Å². The molecule has 0 aromatic heterocycles. The minimum atomic E-state index is 0.319. The first kappa shape index (κ1) is 4.62. The molecule has 0 radical (unpaired) electrons. The van der Waals surface area contributed by atoms with E-state index in [1.807, 2.05) is 13.8 Å². The van der Waals surface area contributed by atoms with Crippen molar-refractivity contribution in [1.82, 2.24) is 0 Å². The van der Waals surface area contributed by atoms with Crippen molar-refractivity contribution in [1.29, 1.82) is 0 Å². The van der Waals surface area contributed by atoms with Crippen LogP contribution >= 0.6 is 0 Å². The van der Waals surface area contributed by atoms with E-state index in [-0.39, 0.29) is 0 Å². The third-order valence-electron chi connectivity index (χ3n) is 0.943. The van der Waals surface area contributed by atoms with E-state index < -0.39 is 0 Å². The lowest BCUT2D eigenvalue weighted by Crippen LogP contribution is -2.04. The van der Waals surface area contributed by atoms with Crippen LogP contribution in [-0.4, -0.2) is 18.5 Å². The zero-order valence-electron chi connectivity index (χ0n) is 4.64. The Bertz CT molecular complexity index is 98.3. The fourth-order valence-corrected chi connectivity index (χ4v) is 0.623. The van der Waals surface area contributed by atoms with Crippen LogP contribution in [0.4, 0.5) is 0 Å². The Labute approximate surface area is 43.2 Å². The third-order valence-corrected chi connectivity index (χ3v) is 0.943. The minimum Gasteiger partial charge on any atom is -0.476 e. The predicted octanol–water partition coefficient (Wildman–Crippen LogP) is 0.824. The van der Waals surface area contributed by atoms with Crippen LogP contribution in [0.15, 0.2) is 4.99 Å². The molecule has 0 aromatic rings. The lowest BCUT2D eigenvalue weighted by molar-refractivity contribution is 0.244. The van der Waals surface area contributed by atoms with Gasteiger partial charge in [0.1, 0.15) is 6.10 Å². The summed E-state index contributed by atoms with van der Waals surface area (Å²) in [6.45, 7) is 4.73.